The average molecular weight is 286 g/mol. The standard InChI is InChI=1S/C17H22N2S/c1-12-10-15(20-17(2,3)4)19-11-14(12)16(18)13-8-6-5-7-9-13/h5-11,16H,18H2,1-4H3. The highest BCUT2D eigenvalue weighted by Crippen LogP contribution is 2.32. The van der Waals surface area contributed by atoms with Gasteiger partial charge in [-0.15, -0.1) is 11.8 Å². The molecule has 0 aliphatic rings. The Morgan fingerprint density at radius 2 is 1.80 bits per heavy atom. The van der Waals surface area contributed by atoms with E-state index in [-0.39, 0.29) is 10.8 Å². The first-order chi connectivity index (χ1) is 9.37. The van der Waals surface area contributed by atoms with Crippen molar-refractivity contribution < 1.29 is 0 Å². The third kappa shape index (κ3) is 3.84. The van der Waals surface area contributed by atoms with E-state index in [1.807, 2.05) is 24.4 Å². The van der Waals surface area contributed by atoms with Crippen LogP contribution in [0.25, 0.3) is 0 Å². The van der Waals surface area contributed by atoms with Gasteiger partial charge in [0.2, 0.25) is 0 Å². The number of nitrogens with two attached hydrogens (primary N) is 1. The molecule has 2 N–H and O–H groups in total. The molecule has 2 rings (SSSR count). The lowest BCUT2D eigenvalue weighted by atomic mass is 9.98. The first kappa shape index (κ1) is 15.1. The summed E-state index contributed by atoms with van der Waals surface area (Å²) in [5.74, 6) is 0. The van der Waals surface area contributed by atoms with Gasteiger partial charge in [0.05, 0.1) is 11.1 Å². The van der Waals surface area contributed by atoms with Crippen molar-refractivity contribution in [2.75, 3.05) is 0 Å². The highest BCUT2D eigenvalue weighted by atomic mass is 32.2. The molecule has 1 atom stereocenters. The van der Waals surface area contributed by atoms with Crippen molar-refractivity contribution in [2.24, 2.45) is 5.73 Å². The van der Waals surface area contributed by atoms with E-state index in [0.717, 1.165) is 16.2 Å². The summed E-state index contributed by atoms with van der Waals surface area (Å²) in [6.07, 6.45) is 1.92. The second kappa shape index (κ2) is 5.98. The molecule has 1 unspecified atom stereocenters. The fraction of sp³-hybridized carbons (Fsp3) is 0.353. The zero-order valence-electron chi connectivity index (χ0n) is 12.6. The summed E-state index contributed by atoms with van der Waals surface area (Å²) in [5, 5.41) is 1.05. The molecule has 20 heavy (non-hydrogen) atoms. The Hall–Kier alpha value is -1.32. The first-order valence-corrected chi connectivity index (χ1v) is 7.64. The van der Waals surface area contributed by atoms with E-state index >= 15 is 0 Å². The van der Waals surface area contributed by atoms with Crippen molar-refractivity contribution in [1.29, 1.82) is 0 Å². The Balaban J connectivity index is 2.26. The molecule has 0 bridgehead atoms. The molecule has 0 saturated carbocycles. The molecule has 0 saturated heterocycles. The largest absolute Gasteiger partial charge is 0.320 e. The number of aromatic nitrogens is 1. The molecule has 3 heteroatoms. The number of thioether (sulfide) groups is 1. The van der Waals surface area contributed by atoms with Gasteiger partial charge in [0.15, 0.2) is 0 Å². The second-order valence-electron chi connectivity index (χ2n) is 5.98. The lowest BCUT2D eigenvalue weighted by Gasteiger charge is -2.19. The molecule has 1 aromatic carbocycles. The van der Waals surface area contributed by atoms with Crippen LogP contribution >= 0.6 is 11.8 Å². The highest BCUT2D eigenvalue weighted by molar-refractivity contribution is 8.00. The monoisotopic (exact) mass is 286 g/mol. The fourth-order valence-corrected chi connectivity index (χ4v) is 3.04. The van der Waals surface area contributed by atoms with Gasteiger partial charge in [-0.3, -0.25) is 0 Å². The van der Waals surface area contributed by atoms with Gasteiger partial charge in [0, 0.05) is 10.9 Å². The van der Waals surface area contributed by atoms with Gasteiger partial charge in [-0.1, -0.05) is 51.1 Å². The molecular formula is C17H22N2S. The lowest BCUT2D eigenvalue weighted by molar-refractivity contribution is 0.796. The Labute approximate surface area is 125 Å². The number of hydrogen-bond donors (Lipinski definition) is 1. The van der Waals surface area contributed by atoms with Gasteiger partial charge in [0.1, 0.15) is 0 Å². The van der Waals surface area contributed by atoms with Crippen molar-refractivity contribution in [2.45, 2.75) is 43.5 Å². The summed E-state index contributed by atoms with van der Waals surface area (Å²) in [7, 11) is 0. The quantitative estimate of drug-likeness (QED) is 0.854. The predicted molar refractivity (Wildman–Crippen MR) is 87.1 cm³/mol. The molecule has 2 nitrogen and oxygen atoms in total. The maximum atomic E-state index is 6.35. The van der Waals surface area contributed by atoms with Crippen molar-refractivity contribution in [3.63, 3.8) is 0 Å². The second-order valence-corrected chi connectivity index (χ2v) is 7.83. The van der Waals surface area contributed by atoms with E-state index < -0.39 is 0 Å². The number of pyridine rings is 1. The highest BCUT2D eigenvalue weighted by Gasteiger charge is 2.16. The van der Waals surface area contributed by atoms with E-state index in [1.165, 1.54) is 5.56 Å². The number of benzene rings is 1. The van der Waals surface area contributed by atoms with Gasteiger partial charge >= 0.3 is 0 Å². The van der Waals surface area contributed by atoms with E-state index in [4.69, 9.17) is 5.73 Å². The predicted octanol–water partition coefficient (Wildman–Crippen LogP) is 4.33. The Morgan fingerprint density at radius 1 is 1.15 bits per heavy atom. The molecule has 1 heterocycles. The zero-order chi connectivity index (χ0) is 14.8. The summed E-state index contributed by atoms with van der Waals surface area (Å²) in [5.41, 5.74) is 9.76. The minimum Gasteiger partial charge on any atom is -0.320 e. The summed E-state index contributed by atoms with van der Waals surface area (Å²) >= 11 is 1.78. The summed E-state index contributed by atoms with van der Waals surface area (Å²) in [4.78, 5) is 4.55. The minimum absolute atomic E-state index is 0.114. The molecule has 0 spiro atoms. The molecule has 2 aromatic rings. The van der Waals surface area contributed by atoms with Crippen molar-refractivity contribution in [3.05, 3.63) is 59.3 Å². The Morgan fingerprint density at radius 3 is 2.35 bits per heavy atom. The molecule has 1 aromatic heterocycles. The fourth-order valence-electron chi connectivity index (χ4n) is 2.08. The zero-order valence-corrected chi connectivity index (χ0v) is 13.4. The number of hydrogen-bond acceptors (Lipinski definition) is 3. The van der Waals surface area contributed by atoms with Crippen molar-refractivity contribution in [1.82, 2.24) is 4.98 Å². The molecule has 0 amide bonds. The maximum absolute atomic E-state index is 6.35. The van der Waals surface area contributed by atoms with E-state index in [9.17, 15) is 0 Å². The first-order valence-electron chi connectivity index (χ1n) is 6.83. The van der Waals surface area contributed by atoms with Gasteiger partial charge < -0.3 is 5.73 Å². The normalized spacial score (nSPS) is 13.2. The van der Waals surface area contributed by atoms with Crippen LogP contribution in [-0.4, -0.2) is 9.73 Å². The van der Waals surface area contributed by atoms with Crippen LogP contribution in [0.1, 0.15) is 43.5 Å². The number of aryl methyl sites for hydroxylation is 1. The van der Waals surface area contributed by atoms with Crippen LogP contribution in [-0.2, 0) is 0 Å². The van der Waals surface area contributed by atoms with Crippen LogP contribution in [0.3, 0.4) is 0 Å². The average Bonchev–Trinajstić information content (AvgIpc) is 2.37. The molecule has 0 fully saturated rings. The summed E-state index contributed by atoms with van der Waals surface area (Å²) < 4.78 is 0.169. The lowest BCUT2D eigenvalue weighted by Crippen LogP contribution is -2.14. The van der Waals surface area contributed by atoms with Gasteiger partial charge in [-0.2, -0.15) is 0 Å². The van der Waals surface area contributed by atoms with Gasteiger partial charge in [-0.05, 0) is 29.7 Å². The van der Waals surface area contributed by atoms with Crippen LogP contribution in [0.4, 0.5) is 0 Å². The van der Waals surface area contributed by atoms with Crippen molar-refractivity contribution >= 4 is 11.8 Å². The maximum Gasteiger partial charge on any atom is 0.0967 e. The van der Waals surface area contributed by atoms with E-state index in [0.29, 0.717) is 0 Å². The third-order valence-corrected chi connectivity index (χ3v) is 4.08. The SMILES string of the molecule is Cc1cc(SC(C)(C)C)ncc1C(N)c1ccccc1. The summed E-state index contributed by atoms with van der Waals surface area (Å²) in [6.45, 7) is 8.68. The molecule has 0 radical (unpaired) electrons. The Bertz CT molecular complexity index is 573. The molecular weight excluding hydrogens is 264 g/mol. The number of rotatable bonds is 3. The molecule has 106 valence electrons. The Kier molecular flexibility index (Phi) is 4.51. The smallest absolute Gasteiger partial charge is 0.0967 e. The topological polar surface area (TPSA) is 38.9 Å². The van der Waals surface area contributed by atoms with Crippen LogP contribution in [0, 0.1) is 6.92 Å². The minimum atomic E-state index is -0.114. The van der Waals surface area contributed by atoms with Crippen LogP contribution in [0.2, 0.25) is 0 Å². The molecule has 0 aliphatic carbocycles. The van der Waals surface area contributed by atoms with E-state index in [1.54, 1.807) is 11.8 Å². The van der Waals surface area contributed by atoms with Crippen LogP contribution in [0.15, 0.2) is 47.6 Å². The summed E-state index contributed by atoms with van der Waals surface area (Å²) in [6, 6.07) is 12.2. The third-order valence-electron chi connectivity index (χ3n) is 3.03. The van der Waals surface area contributed by atoms with Gasteiger partial charge in [0.25, 0.3) is 0 Å². The number of nitrogens with zero attached hydrogens (tertiary/aromatic N) is 1. The van der Waals surface area contributed by atoms with Crippen LogP contribution in [0.5, 0.6) is 0 Å². The van der Waals surface area contributed by atoms with Crippen LogP contribution < -0.4 is 5.73 Å². The van der Waals surface area contributed by atoms with Gasteiger partial charge in [-0.25, -0.2) is 4.98 Å². The van der Waals surface area contributed by atoms with Crippen molar-refractivity contribution in [3.8, 4) is 0 Å². The molecule has 0 aliphatic heterocycles. The van der Waals surface area contributed by atoms with E-state index in [2.05, 4.69) is 50.9 Å².